The summed E-state index contributed by atoms with van der Waals surface area (Å²) in [5, 5.41) is 0. The number of carbonyl (C=O) groups is 2. The minimum atomic E-state index is -0.0622. The highest BCUT2D eigenvalue weighted by Gasteiger charge is 2.18. The molecule has 0 amide bonds. The number of hydrogen-bond acceptors (Lipinski definition) is 3. The minimum Gasteiger partial charge on any atom is -0.497 e. The largest absolute Gasteiger partial charge is 0.497 e. The lowest BCUT2D eigenvalue weighted by molar-refractivity contribution is -0.127. The molecular weight excluding hydrogens is 240 g/mol. The van der Waals surface area contributed by atoms with E-state index in [0.29, 0.717) is 6.42 Å². The van der Waals surface area contributed by atoms with Crippen LogP contribution in [0.1, 0.15) is 39.2 Å². The summed E-state index contributed by atoms with van der Waals surface area (Å²) >= 11 is 0. The summed E-state index contributed by atoms with van der Waals surface area (Å²) in [6, 6.07) is 7.37. The van der Waals surface area contributed by atoms with Gasteiger partial charge in [-0.3, -0.25) is 9.59 Å². The first-order chi connectivity index (χ1) is 8.80. The summed E-state index contributed by atoms with van der Waals surface area (Å²) in [6.07, 6.45) is 0.748. The molecule has 0 spiro atoms. The molecule has 19 heavy (non-hydrogen) atoms. The molecule has 0 aliphatic heterocycles. The lowest BCUT2D eigenvalue weighted by atomic mass is 9.88. The number of ketones is 2. The number of hydrogen-bond donors (Lipinski definition) is 0. The van der Waals surface area contributed by atoms with Gasteiger partial charge in [-0.1, -0.05) is 32.9 Å². The van der Waals surface area contributed by atoms with Gasteiger partial charge in [0.25, 0.3) is 0 Å². The molecule has 0 fully saturated rings. The molecule has 1 aromatic rings. The fraction of sp³-hybridized carbons (Fsp3) is 0.500. The average molecular weight is 262 g/mol. The summed E-state index contributed by atoms with van der Waals surface area (Å²) in [4.78, 5) is 23.6. The van der Waals surface area contributed by atoms with Crippen molar-refractivity contribution >= 4 is 11.6 Å². The van der Waals surface area contributed by atoms with Crippen LogP contribution in [0.2, 0.25) is 0 Å². The first-order valence-electron chi connectivity index (χ1n) is 6.46. The Morgan fingerprint density at radius 2 is 1.84 bits per heavy atom. The maximum absolute atomic E-state index is 11.8. The Morgan fingerprint density at radius 3 is 2.42 bits per heavy atom. The number of rotatable bonds is 6. The van der Waals surface area contributed by atoms with Crippen molar-refractivity contribution in [3.63, 3.8) is 0 Å². The molecule has 1 aromatic carbocycles. The molecule has 3 heteroatoms. The van der Waals surface area contributed by atoms with Crippen LogP contribution in [0, 0.1) is 5.41 Å². The molecule has 0 heterocycles. The van der Waals surface area contributed by atoms with Gasteiger partial charge < -0.3 is 4.74 Å². The smallest absolute Gasteiger partial charge is 0.144 e. The quantitative estimate of drug-likeness (QED) is 0.739. The monoisotopic (exact) mass is 262 g/mol. The molecule has 0 saturated carbocycles. The molecule has 0 N–H and O–H groups in total. The lowest BCUT2D eigenvalue weighted by Gasteiger charge is -2.16. The van der Waals surface area contributed by atoms with E-state index in [9.17, 15) is 9.59 Å². The molecule has 0 unspecified atom stereocenters. The zero-order valence-corrected chi connectivity index (χ0v) is 12.2. The first kappa shape index (κ1) is 15.4. The summed E-state index contributed by atoms with van der Waals surface area (Å²) in [6.45, 7) is 5.99. The molecule has 0 saturated heterocycles. The second-order valence-corrected chi connectivity index (χ2v) is 6.02. The van der Waals surface area contributed by atoms with Gasteiger partial charge in [-0.05, 0) is 23.1 Å². The molecular formula is C16H22O3. The van der Waals surface area contributed by atoms with Crippen LogP contribution in [0.25, 0.3) is 0 Å². The Hall–Kier alpha value is -1.64. The van der Waals surface area contributed by atoms with Crippen LogP contribution in [0.5, 0.6) is 5.75 Å². The van der Waals surface area contributed by atoms with Crippen LogP contribution in [-0.2, 0) is 16.0 Å². The highest BCUT2D eigenvalue weighted by molar-refractivity contribution is 6.00. The molecule has 1 rings (SSSR count). The number of Topliss-reactive ketones (excluding diaryl/α,β-unsaturated/α-hetero) is 2. The van der Waals surface area contributed by atoms with E-state index in [1.165, 1.54) is 0 Å². The van der Waals surface area contributed by atoms with Crippen molar-refractivity contribution in [2.24, 2.45) is 5.41 Å². The van der Waals surface area contributed by atoms with Crippen molar-refractivity contribution in [1.29, 1.82) is 0 Å². The molecule has 104 valence electrons. The fourth-order valence-electron chi connectivity index (χ4n) is 1.95. The molecule has 0 aromatic heterocycles. The van der Waals surface area contributed by atoms with Crippen molar-refractivity contribution < 1.29 is 14.3 Å². The molecule has 0 bridgehead atoms. The van der Waals surface area contributed by atoms with E-state index in [1.54, 1.807) is 7.11 Å². The highest BCUT2D eigenvalue weighted by atomic mass is 16.5. The summed E-state index contributed by atoms with van der Waals surface area (Å²) in [5.41, 5.74) is 0.820. The predicted molar refractivity (Wildman–Crippen MR) is 75.4 cm³/mol. The standard InChI is InChI=1S/C16H22O3/c1-16(2,3)11-14(18)10-13(17)8-12-6-5-7-15(9-12)19-4/h5-7,9H,8,10-11H2,1-4H3. The molecule has 0 aliphatic rings. The van der Waals surface area contributed by atoms with Crippen molar-refractivity contribution in [1.82, 2.24) is 0 Å². The van der Waals surface area contributed by atoms with Crippen molar-refractivity contribution in [2.45, 2.75) is 40.0 Å². The SMILES string of the molecule is COc1cccc(CC(=O)CC(=O)CC(C)(C)C)c1. The van der Waals surface area contributed by atoms with Crippen molar-refractivity contribution in [2.75, 3.05) is 7.11 Å². The Labute approximate surface area is 115 Å². The maximum Gasteiger partial charge on any atom is 0.144 e. The number of carbonyl (C=O) groups excluding carboxylic acids is 2. The lowest BCUT2D eigenvalue weighted by Crippen LogP contribution is -2.17. The number of methoxy groups -OCH3 is 1. The van der Waals surface area contributed by atoms with Gasteiger partial charge in [0.1, 0.15) is 17.3 Å². The van der Waals surface area contributed by atoms with E-state index >= 15 is 0 Å². The zero-order valence-electron chi connectivity index (χ0n) is 12.2. The third-order valence-electron chi connectivity index (χ3n) is 2.66. The van der Waals surface area contributed by atoms with Gasteiger partial charge in [0, 0.05) is 12.8 Å². The predicted octanol–water partition coefficient (Wildman–Crippen LogP) is 3.20. The van der Waals surface area contributed by atoms with E-state index in [1.807, 2.05) is 45.0 Å². The van der Waals surface area contributed by atoms with Crippen LogP contribution < -0.4 is 4.74 Å². The van der Waals surface area contributed by atoms with Crippen LogP contribution in [0.3, 0.4) is 0 Å². The Kier molecular flexibility index (Phi) is 5.28. The maximum atomic E-state index is 11.8. The van der Waals surface area contributed by atoms with E-state index < -0.39 is 0 Å². The van der Waals surface area contributed by atoms with Crippen LogP contribution in [-0.4, -0.2) is 18.7 Å². The van der Waals surface area contributed by atoms with Gasteiger partial charge in [-0.25, -0.2) is 0 Å². The van der Waals surface area contributed by atoms with Crippen LogP contribution in [0.15, 0.2) is 24.3 Å². The summed E-state index contributed by atoms with van der Waals surface area (Å²) in [7, 11) is 1.59. The second kappa shape index (κ2) is 6.50. The van der Waals surface area contributed by atoms with Crippen LogP contribution in [0.4, 0.5) is 0 Å². The third-order valence-corrected chi connectivity index (χ3v) is 2.66. The van der Waals surface area contributed by atoms with Gasteiger partial charge in [-0.2, -0.15) is 0 Å². The van der Waals surface area contributed by atoms with E-state index in [4.69, 9.17) is 4.74 Å². The average Bonchev–Trinajstić information content (AvgIpc) is 2.26. The normalized spacial score (nSPS) is 11.2. The van der Waals surface area contributed by atoms with E-state index in [2.05, 4.69) is 0 Å². The summed E-state index contributed by atoms with van der Waals surface area (Å²) < 4.78 is 5.11. The Bertz CT molecular complexity index is 455. The third kappa shape index (κ3) is 6.18. The molecule has 0 aliphatic carbocycles. The Morgan fingerprint density at radius 1 is 1.16 bits per heavy atom. The zero-order chi connectivity index (χ0) is 14.5. The van der Waals surface area contributed by atoms with Gasteiger partial charge in [0.2, 0.25) is 0 Å². The van der Waals surface area contributed by atoms with Gasteiger partial charge in [0.05, 0.1) is 13.5 Å². The molecule has 0 radical (unpaired) electrons. The summed E-state index contributed by atoms with van der Waals surface area (Å²) in [5.74, 6) is 0.703. The van der Waals surface area contributed by atoms with E-state index in [-0.39, 0.29) is 29.8 Å². The van der Waals surface area contributed by atoms with Gasteiger partial charge in [-0.15, -0.1) is 0 Å². The van der Waals surface area contributed by atoms with Crippen molar-refractivity contribution in [3.8, 4) is 5.75 Å². The van der Waals surface area contributed by atoms with Gasteiger partial charge in [0.15, 0.2) is 0 Å². The minimum absolute atomic E-state index is 0.0143. The second-order valence-electron chi connectivity index (χ2n) is 6.02. The topological polar surface area (TPSA) is 43.4 Å². The van der Waals surface area contributed by atoms with Gasteiger partial charge >= 0.3 is 0 Å². The number of benzene rings is 1. The molecule has 0 atom stereocenters. The molecule has 3 nitrogen and oxygen atoms in total. The number of ether oxygens (including phenoxy) is 1. The van der Waals surface area contributed by atoms with Crippen LogP contribution >= 0.6 is 0 Å². The van der Waals surface area contributed by atoms with Crippen molar-refractivity contribution in [3.05, 3.63) is 29.8 Å². The Balaban J connectivity index is 2.53. The first-order valence-corrected chi connectivity index (χ1v) is 6.46. The fourth-order valence-corrected chi connectivity index (χ4v) is 1.95. The highest BCUT2D eigenvalue weighted by Crippen LogP contribution is 2.20. The van der Waals surface area contributed by atoms with E-state index in [0.717, 1.165) is 11.3 Å².